The molecule has 21 heavy (non-hydrogen) atoms. The average molecular weight is 303 g/mol. The lowest BCUT2D eigenvalue weighted by atomic mass is 10.2. The second kappa shape index (κ2) is 5.37. The number of rotatable bonds is 2. The molecule has 2 amide bonds. The molecule has 3 rings (SSSR count). The van der Waals surface area contributed by atoms with Crippen LogP contribution in [0.5, 0.6) is 0 Å². The molecule has 0 bridgehead atoms. The van der Waals surface area contributed by atoms with Crippen LogP contribution in [0.15, 0.2) is 24.3 Å². The number of nitrogens with two attached hydrogens (primary N) is 1. The van der Waals surface area contributed by atoms with Crippen LogP contribution in [-0.2, 0) is 4.79 Å². The third kappa shape index (κ3) is 2.47. The largest absolute Gasteiger partial charge is 0.399 e. The molecule has 5 nitrogen and oxygen atoms in total. The molecule has 0 spiro atoms. The number of carbonyl (C=O) groups is 2. The van der Waals surface area contributed by atoms with Crippen molar-refractivity contribution in [3.05, 3.63) is 29.1 Å². The van der Waals surface area contributed by atoms with E-state index in [2.05, 4.69) is 5.32 Å². The standard InChI is InChI=1S/C15H17N3O2S/c1-17-14(19)11-3-2-6-18(11)15(20)13-8-9-7-10(16)4-5-12(9)21-13/h4-5,7-8,11H,2-3,6,16H2,1H3,(H,17,19). The Morgan fingerprint density at radius 3 is 2.95 bits per heavy atom. The summed E-state index contributed by atoms with van der Waals surface area (Å²) in [6.45, 7) is 0.632. The highest BCUT2D eigenvalue weighted by atomic mass is 32.1. The number of hydrogen-bond acceptors (Lipinski definition) is 4. The van der Waals surface area contributed by atoms with Crippen molar-refractivity contribution < 1.29 is 9.59 Å². The van der Waals surface area contributed by atoms with Gasteiger partial charge >= 0.3 is 0 Å². The summed E-state index contributed by atoms with van der Waals surface area (Å²) in [7, 11) is 1.60. The van der Waals surface area contributed by atoms with Crippen LogP contribution in [0, 0.1) is 0 Å². The van der Waals surface area contributed by atoms with Crippen LogP contribution in [0.1, 0.15) is 22.5 Å². The first-order valence-electron chi connectivity index (χ1n) is 6.92. The molecule has 0 saturated carbocycles. The van der Waals surface area contributed by atoms with E-state index in [-0.39, 0.29) is 17.9 Å². The first-order chi connectivity index (χ1) is 10.1. The van der Waals surface area contributed by atoms with Crippen molar-refractivity contribution in [1.29, 1.82) is 0 Å². The van der Waals surface area contributed by atoms with Crippen molar-refractivity contribution in [1.82, 2.24) is 10.2 Å². The highest BCUT2D eigenvalue weighted by Gasteiger charge is 2.34. The highest BCUT2D eigenvalue weighted by molar-refractivity contribution is 7.20. The summed E-state index contributed by atoms with van der Waals surface area (Å²) >= 11 is 1.44. The summed E-state index contributed by atoms with van der Waals surface area (Å²) in [5.74, 6) is -0.160. The summed E-state index contributed by atoms with van der Waals surface area (Å²) in [6.07, 6.45) is 1.59. The Morgan fingerprint density at radius 2 is 2.19 bits per heavy atom. The average Bonchev–Trinajstić information content (AvgIpc) is 3.11. The van der Waals surface area contributed by atoms with Gasteiger partial charge in [0.2, 0.25) is 5.91 Å². The molecule has 1 aliphatic heterocycles. The molecule has 1 saturated heterocycles. The molecule has 2 heterocycles. The van der Waals surface area contributed by atoms with E-state index in [9.17, 15) is 9.59 Å². The predicted octanol–water partition coefficient (Wildman–Crippen LogP) is 1.83. The quantitative estimate of drug-likeness (QED) is 0.831. The van der Waals surface area contributed by atoms with Gasteiger partial charge in [-0.3, -0.25) is 9.59 Å². The van der Waals surface area contributed by atoms with Crippen LogP contribution >= 0.6 is 11.3 Å². The Hall–Kier alpha value is -2.08. The van der Waals surface area contributed by atoms with Crippen molar-refractivity contribution >= 4 is 38.9 Å². The molecule has 1 aliphatic rings. The molecule has 6 heteroatoms. The maximum Gasteiger partial charge on any atom is 0.264 e. The topological polar surface area (TPSA) is 75.4 Å². The molecular weight excluding hydrogens is 286 g/mol. The fraction of sp³-hybridized carbons (Fsp3) is 0.333. The molecule has 0 aliphatic carbocycles. The Labute approximate surface area is 126 Å². The summed E-state index contributed by atoms with van der Waals surface area (Å²) < 4.78 is 1.03. The fourth-order valence-corrected chi connectivity index (χ4v) is 3.76. The Balaban J connectivity index is 1.91. The first kappa shape index (κ1) is 13.9. The number of amides is 2. The van der Waals surface area contributed by atoms with Crippen molar-refractivity contribution in [2.75, 3.05) is 19.3 Å². The molecule has 0 radical (unpaired) electrons. The minimum absolute atomic E-state index is 0.0686. The van der Waals surface area contributed by atoms with Gasteiger partial charge in [-0.2, -0.15) is 0 Å². The van der Waals surface area contributed by atoms with Crippen molar-refractivity contribution in [3.8, 4) is 0 Å². The second-order valence-electron chi connectivity index (χ2n) is 5.18. The number of nitrogens with one attached hydrogen (secondary N) is 1. The second-order valence-corrected chi connectivity index (χ2v) is 6.26. The van der Waals surface area contributed by atoms with Gasteiger partial charge < -0.3 is 16.0 Å². The number of benzene rings is 1. The smallest absolute Gasteiger partial charge is 0.264 e. The summed E-state index contributed by atoms with van der Waals surface area (Å²) in [5.41, 5.74) is 6.45. The van der Waals surface area contributed by atoms with Gasteiger partial charge in [0.05, 0.1) is 4.88 Å². The molecular formula is C15H17N3O2S. The number of fused-ring (bicyclic) bond motifs is 1. The fourth-order valence-electron chi connectivity index (χ4n) is 2.76. The van der Waals surface area contributed by atoms with Gasteiger partial charge in [0.25, 0.3) is 5.91 Å². The molecule has 3 N–H and O–H groups in total. The molecule has 1 unspecified atom stereocenters. The zero-order chi connectivity index (χ0) is 15.0. The normalized spacial score (nSPS) is 18.1. The number of thiophene rings is 1. The predicted molar refractivity (Wildman–Crippen MR) is 84.4 cm³/mol. The minimum atomic E-state index is -0.349. The molecule has 1 aromatic carbocycles. The van der Waals surface area contributed by atoms with E-state index in [1.165, 1.54) is 11.3 Å². The van der Waals surface area contributed by atoms with Gasteiger partial charge in [-0.1, -0.05) is 0 Å². The van der Waals surface area contributed by atoms with Gasteiger partial charge in [-0.05, 0) is 42.5 Å². The highest BCUT2D eigenvalue weighted by Crippen LogP contribution is 2.30. The van der Waals surface area contributed by atoms with Gasteiger partial charge in [0, 0.05) is 24.0 Å². The zero-order valence-electron chi connectivity index (χ0n) is 11.8. The zero-order valence-corrected chi connectivity index (χ0v) is 12.6. The van der Waals surface area contributed by atoms with Crippen LogP contribution in [0.25, 0.3) is 10.1 Å². The SMILES string of the molecule is CNC(=O)C1CCCN1C(=O)c1cc2cc(N)ccc2s1. The Morgan fingerprint density at radius 1 is 1.38 bits per heavy atom. The van der Waals surface area contributed by atoms with Gasteiger partial charge in [-0.25, -0.2) is 0 Å². The molecule has 1 fully saturated rings. The third-order valence-electron chi connectivity index (χ3n) is 3.81. The lowest BCUT2D eigenvalue weighted by molar-refractivity contribution is -0.124. The summed E-state index contributed by atoms with van der Waals surface area (Å²) in [5, 5.41) is 3.60. The van der Waals surface area contributed by atoms with E-state index in [4.69, 9.17) is 5.73 Å². The number of likely N-dealkylation sites (tertiary alicyclic amines) is 1. The Bertz CT molecular complexity index is 710. The van der Waals surface area contributed by atoms with Crippen LogP contribution in [0.4, 0.5) is 5.69 Å². The lowest BCUT2D eigenvalue weighted by Crippen LogP contribution is -2.44. The van der Waals surface area contributed by atoms with Crippen LogP contribution in [-0.4, -0.2) is 36.3 Å². The molecule has 1 aromatic heterocycles. The number of nitrogens with zero attached hydrogens (tertiary/aromatic N) is 1. The Kier molecular flexibility index (Phi) is 3.55. The lowest BCUT2D eigenvalue weighted by Gasteiger charge is -2.22. The summed E-state index contributed by atoms with van der Waals surface area (Å²) in [6, 6.07) is 7.13. The monoisotopic (exact) mass is 303 g/mol. The molecule has 110 valence electrons. The maximum atomic E-state index is 12.7. The van der Waals surface area contributed by atoms with Crippen LogP contribution < -0.4 is 11.1 Å². The minimum Gasteiger partial charge on any atom is -0.399 e. The number of nitrogen functional groups attached to an aromatic ring is 1. The summed E-state index contributed by atoms with van der Waals surface area (Å²) in [4.78, 5) is 26.8. The third-order valence-corrected chi connectivity index (χ3v) is 4.92. The van der Waals surface area contributed by atoms with Crippen molar-refractivity contribution in [3.63, 3.8) is 0 Å². The number of carbonyl (C=O) groups excluding carboxylic acids is 2. The number of likely N-dealkylation sites (N-methyl/N-ethyl adjacent to an activating group) is 1. The van der Waals surface area contributed by atoms with E-state index in [0.29, 0.717) is 17.1 Å². The molecule has 2 aromatic rings. The van der Waals surface area contributed by atoms with Crippen molar-refractivity contribution in [2.24, 2.45) is 0 Å². The van der Waals surface area contributed by atoms with Crippen LogP contribution in [0.2, 0.25) is 0 Å². The van der Waals surface area contributed by atoms with Crippen molar-refractivity contribution in [2.45, 2.75) is 18.9 Å². The number of hydrogen-bond donors (Lipinski definition) is 2. The van der Waals surface area contributed by atoms with E-state index in [1.54, 1.807) is 11.9 Å². The van der Waals surface area contributed by atoms with E-state index < -0.39 is 0 Å². The van der Waals surface area contributed by atoms with Gasteiger partial charge in [0.15, 0.2) is 0 Å². The maximum absolute atomic E-state index is 12.7. The van der Waals surface area contributed by atoms with E-state index in [1.807, 2.05) is 24.3 Å². The van der Waals surface area contributed by atoms with E-state index >= 15 is 0 Å². The van der Waals surface area contributed by atoms with Crippen LogP contribution in [0.3, 0.4) is 0 Å². The molecule has 1 atom stereocenters. The number of anilines is 1. The van der Waals surface area contributed by atoms with E-state index in [0.717, 1.165) is 22.9 Å². The first-order valence-corrected chi connectivity index (χ1v) is 7.73. The van der Waals surface area contributed by atoms with Gasteiger partial charge in [0.1, 0.15) is 6.04 Å². The van der Waals surface area contributed by atoms with Gasteiger partial charge in [-0.15, -0.1) is 11.3 Å².